The highest BCUT2D eigenvalue weighted by Crippen LogP contribution is 2.16. The lowest BCUT2D eigenvalue weighted by Crippen LogP contribution is -2.26. The van der Waals surface area contributed by atoms with E-state index in [9.17, 15) is 18.3 Å². The third-order valence-electron chi connectivity index (χ3n) is 2.77. The number of carbonyl (C=O) groups is 1. The Morgan fingerprint density at radius 1 is 1.45 bits per heavy atom. The Hall–Kier alpha value is -1.38. The molecule has 0 aliphatic heterocycles. The first kappa shape index (κ1) is 16.7. The summed E-state index contributed by atoms with van der Waals surface area (Å²) in [5.41, 5.74) is 0. The molecule has 0 saturated carbocycles. The molecule has 20 heavy (non-hydrogen) atoms. The largest absolute Gasteiger partial charge is 0.438 e. The SMILES string of the molecule is CCC(O)CCNC(=O)c1ccc(S(=O)(=O)N(C)C)o1. The molecule has 2 N–H and O–H groups in total. The molecule has 8 heteroatoms. The van der Waals surface area contributed by atoms with Crippen molar-refractivity contribution in [3.05, 3.63) is 17.9 Å². The average molecular weight is 304 g/mol. The summed E-state index contributed by atoms with van der Waals surface area (Å²) in [7, 11) is -0.923. The first-order valence-electron chi connectivity index (χ1n) is 6.27. The Morgan fingerprint density at radius 3 is 2.65 bits per heavy atom. The zero-order chi connectivity index (χ0) is 15.3. The van der Waals surface area contributed by atoms with Gasteiger partial charge in [-0.05, 0) is 25.0 Å². The number of sulfonamides is 1. The molecule has 1 aromatic rings. The third-order valence-corrected chi connectivity index (χ3v) is 4.46. The van der Waals surface area contributed by atoms with Crippen molar-refractivity contribution in [1.82, 2.24) is 9.62 Å². The van der Waals surface area contributed by atoms with Gasteiger partial charge in [0.1, 0.15) is 0 Å². The van der Waals surface area contributed by atoms with Crippen LogP contribution in [0.1, 0.15) is 30.3 Å². The molecule has 1 amide bonds. The Morgan fingerprint density at radius 2 is 2.10 bits per heavy atom. The number of amides is 1. The quantitative estimate of drug-likeness (QED) is 0.760. The third kappa shape index (κ3) is 4.06. The molecule has 0 radical (unpaired) electrons. The smallest absolute Gasteiger partial charge is 0.287 e. The summed E-state index contributed by atoms with van der Waals surface area (Å²) >= 11 is 0. The summed E-state index contributed by atoms with van der Waals surface area (Å²) < 4.78 is 29.6. The second-order valence-electron chi connectivity index (χ2n) is 4.51. The minimum Gasteiger partial charge on any atom is -0.438 e. The van der Waals surface area contributed by atoms with E-state index in [1.165, 1.54) is 26.2 Å². The standard InChI is InChI=1S/C12H20N2O5S/c1-4-9(15)7-8-13-12(16)10-5-6-11(19-10)20(17,18)14(2)3/h5-6,9,15H,4,7-8H2,1-3H3,(H,13,16). The van der Waals surface area contributed by atoms with E-state index in [-0.39, 0.29) is 10.9 Å². The first-order valence-corrected chi connectivity index (χ1v) is 7.71. The predicted octanol–water partition coefficient (Wildman–Crippen LogP) is 0.421. The number of nitrogens with zero attached hydrogens (tertiary/aromatic N) is 1. The normalized spacial score (nSPS) is 13.4. The van der Waals surface area contributed by atoms with Gasteiger partial charge in [-0.15, -0.1) is 0 Å². The molecule has 1 atom stereocenters. The average Bonchev–Trinajstić information content (AvgIpc) is 2.88. The van der Waals surface area contributed by atoms with Crippen molar-refractivity contribution in [3.63, 3.8) is 0 Å². The van der Waals surface area contributed by atoms with Gasteiger partial charge in [-0.2, -0.15) is 0 Å². The zero-order valence-electron chi connectivity index (χ0n) is 11.8. The molecule has 0 aliphatic rings. The van der Waals surface area contributed by atoms with Crippen molar-refractivity contribution in [3.8, 4) is 0 Å². The number of rotatable bonds is 7. The molecule has 7 nitrogen and oxygen atoms in total. The summed E-state index contributed by atoms with van der Waals surface area (Å²) in [4.78, 5) is 11.7. The molecule has 1 unspecified atom stereocenters. The maximum Gasteiger partial charge on any atom is 0.287 e. The van der Waals surface area contributed by atoms with E-state index < -0.39 is 22.0 Å². The maximum absolute atomic E-state index is 11.8. The maximum atomic E-state index is 11.8. The van der Waals surface area contributed by atoms with Gasteiger partial charge in [0.15, 0.2) is 5.76 Å². The van der Waals surface area contributed by atoms with Gasteiger partial charge in [-0.3, -0.25) is 4.79 Å². The van der Waals surface area contributed by atoms with Crippen LogP contribution in [0.4, 0.5) is 0 Å². The molecule has 0 aliphatic carbocycles. The summed E-state index contributed by atoms with van der Waals surface area (Å²) in [6.07, 6.45) is 0.588. The molecule has 1 rings (SSSR count). The fraction of sp³-hybridized carbons (Fsp3) is 0.583. The fourth-order valence-corrected chi connectivity index (χ4v) is 2.20. The highest BCUT2D eigenvalue weighted by Gasteiger charge is 2.23. The van der Waals surface area contributed by atoms with Crippen molar-refractivity contribution in [2.75, 3.05) is 20.6 Å². The van der Waals surface area contributed by atoms with E-state index in [0.717, 1.165) is 4.31 Å². The van der Waals surface area contributed by atoms with Gasteiger partial charge in [0.2, 0.25) is 5.09 Å². The van der Waals surface area contributed by atoms with Gasteiger partial charge in [-0.1, -0.05) is 6.92 Å². The Labute approximate surface area is 118 Å². The number of hydrogen-bond acceptors (Lipinski definition) is 5. The topological polar surface area (TPSA) is 99.8 Å². The molecular formula is C12H20N2O5S. The molecule has 1 aromatic heterocycles. The van der Waals surface area contributed by atoms with E-state index in [1.807, 2.05) is 6.92 Å². The van der Waals surface area contributed by atoms with Gasteiger partial charge < -0.3 is 14.8 Å². The van der Waals surface area contributed by atoms with Crippen LogP contribution in [0.15, 0.2) is 21.6 Å². The number of aliphatic hydroxyl groups excluding tert-OH is 1. The van der Waals surface area contributed by atoms with Crippen molar-refractivity contribution in [1.29, 1.82) is 0 Å². The van der Waals surface area contributed by atoms with Crippen LogP contribution in [0.25, 0.3) is 0 Å². The molecule has 0 saturated heterocycles. The molecule has 0 bridgehead atoms. The van der Waals surface area contributed by atoms with Crippen LogP contribution in [0, 0.1) is 0 Å². The highest BCUT2D eigenvalue weighted by atomic mass is 32.2. The van der Waals surface area contributed by atoms with Crippen LogP contribution in [-0.4, -0.2) is 50.5 Å². The Kier molecular flexibility index (Phi) is 5.73. The lowest BCUT2D eigenvalue weighted by atomic mass is 10.2. The van der Waals surface area contributed by atoms with Crippen molar-refractivity contribution in [2.45, 2.75) is 31.0 Å². The van der Waals surface area contributed by atoms with Crippen LogP contribution >= 0.6 is 0 Å². The highest BCUT2D eigenvalue weighted by molar-refractivity contribution is 7.88. The number of furan rings is 1. The summed E-state index contributed by atoms with van der Waals surface area (Å²) in [6, 6.07) is 2.55. The van der Waals surface area contributed by atoms with Crippen LogP contribution in [-0.2, 0) is 10.0 Å². The van der Waals surface area contributed by atoms with Gasteiger partial charge >= 0.3 is 0 Å². The number of nitrogens with one attached hydrogen (secondary N) is 1. The Balaban J connectivity index is 2.66. The van der Waals surface area contributed by atoms with Crippen molar-refractivity contribution >= 4 is 15.9 Å². The van der Waals surface area contributed by atoms with Crippen molar-refractivity contribution in [2.24, 2.45) is 0 Å². The fourth-order valence-electron chi connectivity index (χ4n) is 1.40. The number of carbonyl (C=O) groups excluding carboxylic acids is 1. The summed E-state index contributed by atoms with van der Waals surface area (Å²) in [6.45, 7) is 2.14. The number of hydrogen-bond donors (Lipinski definition) is 2. The van der Waals surface area contributed by atoms with E-state index in [0.29, 0.717) is 19.4 Å². The summed E-state index contributed by atoms with van der Waals surface area (Å²) in [5, 5.41) is 11.6. The Bertz CT molecular complexity index is 550. The molecule has 1 heterocycles. The van der Waals surface area contributed by atoms with E-state index in [1.54, 1.807) is 0 Å². The molecular weight excluding hydrogens is 284 g/mol. The molecule has 0 spiro atoms. The van der Waals surface area contributed by atoms with Crippen LogP contribution in [0.3, 0.4) is 0 Å². The molecule has 114 valence electrons. The predicted molar refractivity (Wildman–Crippen MR) is 72.8 cm³/mol. The minimum atomic E-state index is -3.68. The molecule has 0 aromatic carbocycles. The van der Waals surface area contributed by atoms with Crippen LogP contribution in [0.5, 0.6) is 0 Å². The second-order valence-corrected chi connectivity index (χ2v) is 6.60. The van der Waals surface area contributed by atoms with Gasteiger partial charge in [-0.25, -0.2) is 12.7 Å². The van der Waals surface area contributed by atoms with E-state index >= 15 is 0 Å². The summed E-state index contributed by atoms with van der Waals surface area (Å²) in [5.74, 6) is -0.579. The second kappa shape index (κ2) is 6.87. The van der Waals surface area contributed by atoms with Gasteiger partial charge in [0.05, 0.1) is 6.10 Å². The monoisotopic (exact) mass is 304 g/mol. The number of aliphatic hydroxyl groups is 1. The zero-order valence-corrected chi connectivity index (χ0v) is 12.6. The minimum absolute atomic E-state index is 0.0728. The lowest BCUT2D eigenvalue weighted by molar-refractivity contribution is 0.0909. The van der Waals surface area contributed by atoms with E-state index in [4.69, 9.17) is 4.42 Å². The van der Waals surface area contributed by atoms with Gasteiger partial charge in [0, 0.05) is 20.6 Å². The van der Waals surface area contributed by atoms with Crippen LogP contribution in [0.2, 0.25) is 0 Å². The van der Waals surface area contributed by atoms with E-state index in [2.05, 4.69) is 5.32 Å². The molecule has 0 fully saturated rings. The first-order chi connectivity index (χ1) is 9.28. The van der Waals surface area contributed by atoms with Crippen LogP contribution < -0.4 is 5.32 Å². The van der Waals surface area contributed by atoms with Gasteiger partial charge in [0.25, 0.3) is 15.9 Å². The lowest BCUT2D eigenvalue weighted by Gasteiger charge is -2.08. The van der Waals surface area contributed by atoms with Crippen molar-refractivity contribution < 1.29 is 22.7 Å².